The number of carbonyl (C=O) groups excluding carboxylic acids is 2. The van der Waals surface area contributed by atoms with Crippen LogP contribution in [0.5, 0.6) is 0 Å². The molecule has 0 aliphatic heterocycles. The zero-order valence-corrected chi connectivity index (χ0v) is 36.6. The molecule has 25 heteroatoms. The molecule has 0 radical (unpaired) electrons. The number of nitrogens with zero attached hydrogens (tertiary/aromatic N) is 1. The van der Waals surface area contributed by atoms with Crippen molar-refractivity contribution in [2.24, 2.45) is 0 Å². The summed E-state index contributed by atoms with van der Waals surface area (Å²) in [6.45, 7) is 0.170. The Labute approximate surface area is 405 Å². The molecular formula is C49H19BClF20NO2. The van der Waals surface area contributed by atoms with Gasteiger partial charge in [-0.05, 0) is 24.3 Å². The first-order valence-electron chi connectivity index (χ1n) is 20.3. The van der Waals surface area contributed by atoms with Crippen LogP contribution >= 0.6 is 11.6 Å². The maximum atomic E-state index is 15.4. The zero-order chi connectivity index (χ0) is 54.6. The lowest BCUT2D eigenvalue weighted by Crippen LogP contribution is -2.81. The van der Waals surface area contributed by atoms with Gasteiger partial charge in [0.2, 0.25) is 17.8 Å². The minimum absolute atomic E-state index is 0.00316. The van der Waals surface area contributed by atoms with Crippen LogP contribution in [-0.2, 0) is 13.0 Å². The number of halogens is 21. The van der Waals surface area contributed by atoms with Crippen LogP contribution < -0.4 is 26.4 Å². The smallest absolute Gasteiger partial charge is 0.227 e. The summed E-state index contributed by atoms with van der Waals surface area (Å²) in [6.07, 6.45) is -7.03. The van der Waals surface area contributed by atoms with Crippen LogP contribution in [0.25, 0.3) is 10.9 Å². The molecule has 0 atom stereocenters. The van der Waals surface area contributed by atoms with E-state index < -0.39 is 144 Å². The summed E-state index contributed by atoms with van der Waals surface area (Å²) < 4.78 is 296. The Morgan fingerprint density at radius 1 is 0.365 bits per heavy atom. The molecule has 74 heavy (non-hydrogen) atoms. The fraction of sp³-hybridized carbons (Fsp3) is 0.0408. The average molecular weight is 1080 g/mol. The second kappa shape index (κ2) is 20.6. The highest BCUT2D eigenvalue weighted by atomic mass is 35.5. The van der Waals surface area contributed by atoms with E-state index >= 15 is 35.1 Å². The lowest BCUT2D eigenvalue weighted by atomic mass is 9.12. The number of benzene rings is 7. The number of ketones is 2. The number of hydrogen-bond acceptors (Lipinski definition) is 2. The topological polar surface area (TPSA) is 38.0 Å². The molecule has 0 spiro atoms. The number of aromatic nitrogens is 1. The number of fused-ring (bicyclic) bond motifs is 1. The average Bonchev–Trinajstić information content (AvgIpc) is 3.39. The normalized spacial score (nSPS) is 11.5. The highest BCUT2D eigenvalue weighted by Gasteiger charge is 2.52. The van der Waals surface area contributed by atoms with Gasteiger partial charge in [0.15, 0.2) is 81.3 Å². The fourth-order valence-corrected chi connectivity index (χ4v) is 8.50. The SMILES string of the molecule is Fc1c(F)c(F)c([B-](c2c(F)c(F)c(F)c(F)c2F)(c2c(F)c(F)c(F)c(F)c2F)c2c(F)c(F)c(F)c(F)c2F)c(F)c1F.O=C(Cc1ccc2ccccc2[n+]1CC(=O)c1ccccc1)c1cccc(Cl)c1. The van der Waals surface area contributed by atoms with Gasteiger partial charge < -0.3 is 0 Å². The van der Waals surface area contributed by atoms with Crippen molar-refractivity contribution in [2.75, 3.05) is 0 Å². The minimum atomic E-state index is -7.22. The van der Waals surface area contributed by atoms with E-state index in [0.717, 1.165) is 16.6 Å². The summed E-state index contributed by atoms with van der Waals surface area (Å²) in [6, 6.07) is 27.9. The van der Waals surface area contributed by atoms with E-state index in [1.165, 1.54) is 0 Å². The van der Waals surface area contributed by atoms with Gasteiger partial charge in [-0.15, -0.1) is 21.9 Å². The second-order valence-electron chi connectivity index (χ2n) is 15.7. The molecule has 8 aromatic rings. The molecule has 0 N–H and O–H groups in total. The first-order valence-corrected chi connectivity index (χ1v) is 20.7. The van der Waals surface area contributed by atoms with Gasteiger partial charge in [-0.1, -0.05) is 66.2 Å². The van der Waals surface area contributed by atoms with Crippen molar-refractivity contribution < 1.29 is 102 Å². The summed E-state index contributed by atoms with van der Waals surface area (Å²) >= 11 is 6.04. The van der Waals surface area contributed by atoms with E-state index in [1.54, 1.807) is 24.3 Å². The first kappa shape index (κ1) is 54.0. The Morgan fingerprint density at radius 3 is 1.08 bits per heavy atom. The third-order valence-corrected chi connectivity index (χ3v) is 11.9. The maximum Gasteiger partial charge on any atom is 0.227 e. The number of para-hydroxylation sites is 1. The molecule has 3 nitrogen and oxygen atoms in total. The molecule has 1 heterocycles. The Hall–Kier alpha value is -7.76. The lowest BCUT2D eigenvalue weighted by Gasteiger charge is -2.44. The molecule has 0 saturated carbocycles. The van der Waals surface area contributed by atoms with Gasteiger partial charge >= 0.3 is 0 Å². The molecule has 0 aliphatic carbocycles. The van der Waals surface area contributed by atoms with Crippen molar-refractivity contribution in [3.63, 3.8) is 0 Å². The van der Waals surface area contributed by atoms with Gasteiger partial charge in [0.25, 0.3) is 0 Å². The van der Waals surface area contributed by atoms with E-state index in [1.807, 2.05) is 71.3 Å². The zero-order valence-electron chi connectivity index (χ0n) is 35.9. The van der Waals surface area contributed by atoms with E-state index in [0.29, 0.717) is 16.1 Å². The van der Waals surface area contributed by atoms with E-state index in [9.17, 15) is 62.3 Å². The molecular weight excluding hydrogens is 1060 g/mol. The van der Waals surface area contributed by atoms with Crippen LogP contribution in [0.3, 0.4) is 0 Å². The molecule has 0 amide bonds. The highest BCUT2D eigenvalue weighted by Crippen LogP contribution is 2.31. The molecule has 0 unspecified atom stereocenters. The van der Waals surface area contributed by atoms with E-state index in [4.69, 9.17) is 11.6 Å². The lowest BCUT2D eigenvalue weighted by molar-refractivity contribution is -0.664. The Kier molecular flexibility index (Phi) is 15.1. The highest BCUT2D eigenvalue weighted by molar-refractivity contribution is 7.20. The van der Waals surface area contributed by atoms with Crippen LogP contribution in [0, 0.1) is 116 Å². The number of pyridine rings is 1. The second-order valence-corrected chi connectivity index (χ2v) is 16.1. The van der Waals surface area contributed by atoms with Crippen LogP contribution in [0.4, 0.5) is 87.8 Å². The molecule has 382 valence electrons. The van der Waals surface area contributed by atoms with Gasteiger partial charge in [0, 0.05) is 33.7 Å². The standard InChI is InChI=1S/C25H19ClNO2.C24BF20/c26-21-11-6-10-20(15-21)24(28)16-22-14-13-18-7-4-5-12-23(18)27(22)17-25(29)19-8-2-1-3-9-19;26-5-1(6(27)14(35)21(42)13(5)34)25(2-7(28)15(36)22(43)16(37)8(2)29,3-9(30)17(38)23(44)18(39)10(3)31)4-11(32)19(40)24(45)20(41)12(4)33/h1-15H,16-17H2;/q+1;-1. The summed E-state index contributed by atoms with van der Waals surface area (Å²) in [7, 11) is 0. The van der Waals surface area contributed by atoms with E-state index in [2.05, 4.69) is 0 Å². The minimum Gasteiger partial charge on any atom is -0.294 e. The summed E-state index contributed by atoms with van der Waals surface area (Å²) in [4.78, 5) is 25.7. The number of hydrogen-bond donors (Lipinski definition) is 0. The van der Waals surface area contributed by atoms with Crippen molar-refractivity contribution in [3.05, 3.63) is 229 Å². The molecule has 0 fully saturated rings. The van der Waals surface area contributed by atoms with Gasteiger partial charge in [-0.2, -0.15) is 4.57 Å². The quantitative estimate of drug-likeness (QED) is 0.0342. The summed E-state index contributed by atoms with van der Waals surface area (Å²) in [5.74, 6) is -71.4. The molecule has 8 rings (SSSR count). The van der Waals surface area contributed by atoms with Gasteiger partial charge in [-0.3, -0.25) is 9.59 Å². The van der Waals surface area contributed by atoms with Crippen molar-refractivity contribution in [1.29, 1.82) is 0 Å². The van der Waals surface area contributed by atoms with Crippen LogP contribution in [0.1, 0.15) is 26.4 Å². The molecule has 0 bridgehead atoms. The summed E-state index contributed by atoms with van der Waals surface area (Å²) in [5, 5.41) is 1.55. The molecule has 0 saturated heterocycles. The van der Waals surface area contributed by atoms with Crippen molar-refractivity contribution in [3.8, 4) is 0 Å². The van der Waals surface area contributed by atoms with Gasteiger partial charge in [0.1, 0.15) is 52.7 Å². The van der Waals surface area contributed by atoms with Gasteiger partial charge in [-0.25, -0.2) is 87.8 Å². The number of Topliss-reactive ketones (excluding diaryl/α,β-unsaturated/α-hetero) is 2. The first-order chi connectivity index (χ1) is 34.8. The third-order valence-electron chi connectivity index (χ3n) is 11.6. The third kappa shape index (κ3) is 8.87. The largest absolute Gasteiger partial charge is 0.294 e. The maximum absolute atomic E-state index is 15.4. The Morgan fingerprint density at radius 2 is 0.703 bits per heavy atom. The van der Waals surface area contributed by atoms with E-state index in [-0.39, 0.29) is 24.5 Å². The monoisotopic (exact) mass is 1080 g/mol. The van der Waals surface area contributed by atoms with Crippen LogP contribution in [0.2, 0.25) is 5.02 Å². The number of rotatable bonds is 10. The van der Waals surface area contributed by atoms with Crippen molar-refractivity contribution in [1.82, 2.24) is 0 Å². The predicted molar refractivity (Wildman–Crippen MR) is 224 cm³/mol. The van der Waals surface area contributed by atoms with Crippen LogP contribution in [0.15, 0.2) is 91.0 Å². The Bertz CT molecular complexity index is 3260. The molecule has 7 aromatic carbocycles. The predicted octanol–water partition coefficient (Wildman–Crippen LogP) is 10.9. The summed E-state index contributed by atoms with van der Waals surface area (Å²) in [5.41, 5.74) is -11.4. The van der Waals surface area contributed by atoms with Crippen LogP contribution in [-0.4, -0.2) is 17.7 Å². The molecule has 0 aliphatic rings. The van der Waals surface area contributed by atoms with Gasteiger partial charge in [0.05, 0.1) is 6.42 Å². The van der Waals surface area contributed by atoms with Crippen molar-refractivity contribution >= 4 is 62.1 Å². The fourth-order valence-electron chi connectivity index (χ4n) is 8.31. The Balaban J connectivity index is 0.000000237. The number of carbonyl (C=O) groups is 2. The molecule has 1 aromatic heterocycles. The van der Waals surface area contributed by atoms with Crippen molar-refractivity contribution in [2.45, 2.75) is 13.0 Å².